The summed E-state index contributed by atoms with van der Waals surface area (Å²) in [5.41, 5.74) is 1.47. The number of hydrogen-bond donors (Lipinski definition) is 2. The summed E-state index contributed by atoms with van der Waals surface area (Å²) in [5, 5.41) is 6.30. The van der Waals surface area contributed by atoms with Crippen LogP contribution in [0.5, 0.6) is 0 Å². The first-order chi connectivity index (χ1) is 13.4. The number of carbonyl (C=O) groups excluding carboxylic acids is 2. The maximum absolute atomic E-state index is 11.3. The van der Waals surface area contributed by atoms with Gasteiger partial charge in [0.15, 0.2) is 11.6 Å². The Kier molecular flexibility index (Phi) is 14.8. The summed E-state index contributed by atoms with van der Waals surface area (Å²) >= 11 is 0. The van der Waals surface area contributed by atoms with E-state index in [1.165, 1.54) is 0 Å². The monoisotopic (exact) mass is 446 g/mol. The van der Waals surface area contributed by atoms with E-state index in [-0.39, 0.29) is 31.0 Å². The van der Waals surface area contributed by atoms with Gasteiger partial charge in [-0.3, -0.25) is 9.59 Å². The average Bonchev–Trinajstić information content (AvgIpc) is 2.65. The molecule has 0 atom stereocenters. The van der Waals surface area contributed by atoms with Crippen molar-refractivity contribution < 1.29 is 29.1 Å². The van der Waals surface area contributed by atoms with Crippen LogP contribution in [-0.2, 0) is 29.1 Å². The van der Waals surface area contributed by atoms with E-state index in [0.29, 0.717) is 11.8 Å². The van der Waals surface area contributed by atoms with Crippen molar-refractivity contribution in [3.8, 4) is 0 Å². The molecule has 2 rings (SSSR count). The summed E-state index contributed by atoms with van der Waals surface area (Å²) in [4.78, 5) is 22.6. The molecule has 0 spiro atoms. The Balaban J connectivity index is 0.000000523. The van der Waals surface area contributed by atoms with E-state index in [1.54, 1.807) is 36.7 Å². The van der Waals surface area contributed by atoms with Crippen molar-refractivity contribution in [2.75, 3.05) is 13.1 Å². The molecule has 0 unspecified atom stereocenters. The maximum atomic E-state index is 11.3. The normalized spacial score (nSPS) is 17.6. The third-order valence-corrected chi connectivity index (χ3v) is 4.09. The zero-order valence-corrected chi connectivity index (χ0v) is 21.2. The molecule has 2 aliphatic carbocycles. The molecular weight excluding hydrogens is 414 g/mol. The first-order valence-electron chi connectivity index (χ1n) is 10.1. The van der Waals surface area contributed by atoms with Crippen LogP contribution >= 0.6 is 0 Å². The SMILES string of the molecule is CC(C)CCNC=C1C=CC=CC1=O.CC(C)CCNC=C1C=CC=CC1=O.[Zn]. The van der Waals surface area contributed by atoms with Crippen molar-refractivity contribution in [1.82, 2.24) is 10.6 Å². The van der Waals surface area contributed by atoms with Crippen LogP contribution in [0.25, 0.3) is 0 Å². The number of rotatable bonds is 8. The summed E-state index contributed by atoms with van der Waals surface area (Å²) in [7, 11) is 0. The van der Waals surface area contributed by atoms with Gasteiger partial charge in [0.2, 0.25) is 0 Å². The van der Waals surface area contributed by atoms with E-state index in [9.17, 15) is 9.59 Å². The summed E-state index contributed by atoms with van der Waals surface area (Å²) in [6.45, 7) is 10.6. The van der Waals surface area contributed by atoms with Crippen LogP contribution in [0, 0.1) is 11.8 Å². The van der Waals surface area contributed by atoms with Crippen molar-refractivity contribution in [3.63, 3.8) is 0 Å². The summed E-state index contributed by atoms with van der Waals surface area (Å²) in [6, 6.07) is 0. The van der Waals surface area contributed by atoms with Crippen LogP contribution in [0.1, 0.15) is 40.5 Å². The molecule has 2 N–H and O–H groups in total. The minimum Gasteiger partial charge on any atom is -0.390 e. The number of nitrogens with one attached hydrogen (secondary N) is 2. The molecule has 0 saturated heterocycles. The Labute approximate surface area is 188 Å². The zero-order valence-electron chi connectivity index (χ0n) is 18.3. The van der Waals surface area contributed by atoms with Gasteiger partial charge in [0.25, 0.3) is 0 Å². The molecule has 0 fully saturated rings. The standard InChI is InChI=1S/2C12H17NO.Zn/c2*1-10(2)7-8-13-9-11-5-3-4-6-12(11)14;/h2*3-6,9-10,13H,7-8H2,1-2H3;. The predicted molar refractivity (Wildman–Crippen MR) is 118 cm³/mol. The van der Waals surface area contributed by atoms with Gasteiger partial charge in [-0.25, -0.2) is 0 Å². The molecule has 0 heterocycles. The minimum absolute atomic E-state index is 0. The molecule has 0 aliphatic heterocycles. The molecule has 0 aromatic carbocycles. The summed E-state index contributed by atoms with van der Waals surface area (Å²) in [6.07, 6.45) is 19.9. The molecule has 5 heteroatoms. The Morgan fingerprint density at radius 3 is 1.34 bits per heavy atom. The Hall–Kier alpha value is -2.00. The van der Waals surface area contributed by atoms with Crippen LogP contribution in [0.15, 0.2) is 72.2 Å². The Morgan fingerprint density at radius 1 is 0.690 bits per heavy atom. The van der Waals surface area contributed by atoms with Gasteiger partial charge in [-0.05, 0) is 49.0 Å². The summed E-state index contributed by atoms with van der Waals surface area (Å²) in [5.74, 6) is 1.53. The molecule has 0 radical (unpaired) electrons. The van der Waals surface area contributed by atoms with Crippen LogP contribution in [0.4, 0.5) is 0 Å². The van der Waals surface area contributed by atoms with Gasteiger partial charge in [-0.2, -0.15) is 0 Å². The van der Waals surface area contributed by atoms with Gasteiger partial charge >= 0.3 is 0 Å². The van der Waals surface area contributed by atoms with E-state index < -0.39 is 0 Å². The molecule has 29 heavy (non-hydrogen) atoms. The maximum Gasteiger partial charge on any atom is 0.187 e. The van der Waals surface area contributed by atoms with Gasteiger partial charge in [-0.15, -0.1) is 0 Å². The minimum atomic E-state index is 0. The average molecular weight is 448 g/mol. The molecule has 154 valence electrons. The Bertz CT molecular complexity index is 636. The van der Waals surface area contributed by atoms with Crippen molar-refractivity contribution in [2.45, 2.75) is 40.5 Å². The predicted octanol–water partition coefficient (Wildman–Crippen LogP) is 4.40. The summed E-state index contributed by atoms with van der Waals surface area (Å²) < 4.78 is 0. The second kappa shape index (κ2) is 15.9. The first-order valence-corrected chi connectivity index (χ1v) is 10.1. The fourth-order valence-corrected chi connectivity index (χ4v) is 2.31. The third-order valence-electron chi connectivity index (χ3n) is 4.09. The molecule has 0 saturated carbocycles. The van der Waals surface area contributed by atoms with Crippen LogP contribution in [0.2, 0.25) is 0 Å². The van der Waals surface area contributed by atoms with Gasteiger partial charge in [0, 0.05) is 56.1 Å². The second-order valence-electron chi connectivity index (χ2n) is 7.64. The van der Waals surface area contributed by atoms with Crippen molar-refractivity contribution in [2.24, 2.45) is 11.8 Å². The number of allylic oxidation sites excluding steroid dienone is 10. The van der Waals surface area contributed by atoms with Crippen molar-refractivity contribution >= 4 is 11.6 Å². The van der Waals surface area contributed by atoms with E-state index in [0.717, 1.165) is 37.1 Å². The number of ketones is 2. The second-order valence-corrected chi connectivity index (χ2v) is 7.64. The van der Waals surface area contributed by atoms with Crippen molar-refractivity contribution in [3.05, 3.63) is 72.2 Å². The van der Waals surface area contributed by atoms with Crippen LogP contribution in [0.3, 0.4) is 0 Å². The Morgan fingerprint density at radius 2 is 1.03 bits per heavy atom. The van der Waals surface area contributed by atoms with Crippen LogP contribution in [-0.4, -0.2) is 24.7 Å². The number of carbonyl (C=O) groups is 2. The fraction of sp³-hybridized carbons (Fsp3) is 0.417. The molecule has 2 aliphatic rings. The smallest absolute Gasteiger partial charge is 0.187 e. The van der Waals surface area contributed by atoms with E-state index in [1.807, 2.05) is 24.3 Å². The molecule has 4 nitrogen and oxygen atoms in total. The van der Waals surface area contributed by atoms with Gasteiger partial charge in [0.05, 0.1) is 0 Å². The van der Waals surface area contributed by atoms with E-state index in [2.05, 4.69) is 38.3 Å². The van der Waals surface area contributed by atoms with E-state index >= 15 is 0 Å². The van der Waals surface area contributed by atoms with Crippen LogP contribution < -0.4 is 10.6 Å². The quantitative estimate of drug-likeness (QED) is 0.329. The molecule has 0 aromatic heterocycles. The molecule has 0 aromatic rings. The third kappa shape index (κ3) is 13.0. The largest absolute Gasteiger partial charge is 0.390 e. The molecular formula is C24H34N2O2Zn. The fourth-order valence-electron chi connectivity index (χ4n) is 2.31. The van der Waals surface area contributed by atoms with Crippen molar-refractivity contribution in [1.29, 1.82) is 0 Å². The zero-order chi connectivity index (χ0) is 20.8. The molecule has 0 bridgehead atoms. The number of hydrogen-bond acceptors (Lipinski definition) is 4. The molecule has 0 amide bonds. The topological polar surface area (TPSA) is 58.2 Å². The van der Waals surface area contributed by atoms with Gasteiger partial charge in [0.1, 0.15) is 0 Å². The van der Waals surface area contributed by atoms with Gasteiger partial charge in [-0.1, -0.05) is 52.0 Å². The first kappa shape index (κ1) is 27.0. The van der Waals surface area contributed by atoms with E-state index in [4.69, 9.17) is 0 Å². The van der Waals surface area contributed by atoms with Gasteiger partial charge < -0.3 is 10.6 Å².